The van der Waals surface area contributed by atoms with Gasteiger partial charge in [-0.25, -0.2) is 0 Å². The summed E-state index contributed by atoms with van der Waals surface area (Å²) in [6.45, 7) is 1.81. The smallest absolute Gasteiger partial charge is 0.251 e. The highest BCUT2D eigenvalue weighted by Gasteiger charge is 2.23. The molecule has 130 valence electrons. The molecule has 2 aromatic heterocycles. The maximum Gasteiger partial charge on any atom is 0.251 e. The van der Waals surface area contributed by atoms with Crippen LogP contribution in [0.1, 0.15) is 28.0 Å². The van der Waals surface area contributed by atoms with Gasteiger partial charge in [-0.2, -0.15) is 5.26 Å². The Morgan fingerprint density at radius 2 is 2.15 bits per heavy atom. The first kappa shape index (κ1) is 16.6. The van der Waals surface area contributed by atoms with Gasteiger partial charge in [0.25, 0.3) is 5.56 Å². The zero-order valence-corrected chi connectivity index (χ0v) is 15.2. The summed E-state index contributed by atoms with van der Waals surface area (Å²) >= 11 is 1.48. The molecule has 6 heteroatoms. The summed E-state index contributed by atoms with van der Waals surface area (Å²) in [5.41, 5.74) is 3.08. The maximum atomic E-state index is 12.6. The topological polar surface area (TPSA) is 74.9 Å². The Morgan fingerprint density at radius 3 is 2.96 bits per heavy atom. The van der Waals surface area contributed by atoms with Crippen molar-refractivity contribution in [3.8, 4) is 6.07 Å². The Bertz CT molecular complexity index is 1130. The van der Waals surface area contributed by atoms with E-state index >= 15 is 0 Å². The van der Waals surface area contributed by atoms with Crippen molar-refractivity contribution in [2.24, 2.45) is 0 Å². The van der Waals surface area contributed by atoms with Gasteiger partial charge in [0.15, 0.2) is 0 Å². The summed E-state index contributed by atoms with van der Waals surface area (Å²) in [4.78, 5) is 26.2. The minimum absolute atomic E-state index is 0.0763. The number of nitriles is 1. The number of anilines is 1. The number of hydrogen-bond acceptors (Lipinski definition) is 4. The fourth-order valence-electron chi connectivity index (χ4n) is 3.59. The van der Waals surface area contributed by atoms with Crippen LogP contribution in [0.3, 0.4) is 0 Å². The van der Waals surface area contributed by atoms with Gasteiger partial charge in [0.2, 0.25) is 5.91 Å². The first-order valence-electron chi connectivity index (χ1n) is 8.52. The molecule has 0 saturated carbocycles. The van der Waals surface area contributed by atoms with Gasteiger partial charge >= 0.3 is 0 Å². The molecule has 1 aliphatic rings. The van der Waals surface area contributed by atoms with Gasteiger partial charge in [-0.1, -0.05) is 18.2 Å². The highest BCUT2D eigenvalue weighted by molar-refractivity contribution is 7.16. The number of amides is 1. The van der Waals surface area contributed by atoms with E-state index in [-0.39, 0.29) is 18.0 Å². The molecule has 1 N–H and O–H groups in total. The van der Waals surface area contributed by atoms with Crippen molar-refractivity contribution in [1.29, 1.82) is 5.26 Å². The molecule has 1 aliphatic carbocycles. The summed E-state index contributed by atoms with van der Waals surface area (Å²) in [7, 11) is 0. The lowest BCUT2D eigenvalue weighted by Crippen LogP contribution is -2.27. The number of aryl methyl sites for hydroxylation is 2. The van der Waals surface area contributed by atoms with E-state index in [1.807, 2.05) is 31.2 Å². The molecule has 1 aromatic carbocycles. The number of carbonyl (C=O) groups excluding carboxylic acids is 1. The first-order valence-corrected chi connectivity index (χ1v) is 9.34. The molecule has 5 nitrogen and oxygen atoms in total. The van der Waals surface area contributed by atoms with Crippen molar-refractivity contribution < 1.29 is 4.79 Å². The lowest BCUT2D eigenvalue weighted by molar-refractivity contribution is -0.116. The van der Waals surface area contributed by atoms with Crippen LogP contribution in [-0.2, 0) is 24.2 Å². The molecular formula is C20H17N3O2S. The third-order valence-electron chi connectivity index (χ3n) is 4.81. The fraction of sp³-hybridized carbons (Fsp3) is 0.250. The second-order valence-corrected chi connectivity index (χ2v) is 7.60. The Hall–Kier alpha value is -2.91. The molecule has 0 unspecified atom stereocenters. The van der Waals surface area contributed by atoms with Crippen LogP contribution in [0.15, 0.2) is 35.1 Å². The number of nitrogens with zero attached hydrogens (tertiary/aromatic N) is 2. The second-order valence-electron chi connectivity index (χ2n) is 6.49. The van der Waals surface area contributed by atoms with E-state index in [4.69, 9.17) is 0 Å². The Labute approximate surface area is 154 Å². The van der Waals surface area contributed by atoms with Crippen LogP contribution >= 0.6 is 11.3 Å². The summed E-state index contributed by atoms with van der Waals surface area (Å²) in [5, 5.41) is 13.8. The number of rotatable bonds is 3. The number of carbonyl (C=O) groups is 1. The number of fused-ring (bicyclic) bond motifs is 2. The molecule has 0 fully saturated rings. The van der Waals surface area contributed by atoms with Gasteiger partial charge in [-0.05, 0) is 43.4 Å². The van der Waals surface area contributed by atoms with E-state index in [1.54, 1.807) is 6.07 Å². The van der Waals surface area contributed by atoms with Crippen LogP contribution in [-0.4, -0.2) is 10.5 Å². The van der Waals surface area contributed by atoms with Crippen molar-refractivity contribution in [2.75, 3.05) is 5.32 Å². The van der Waals surface area contributed by atoms with Gasteiger partial charge < -0.3 is 5.32 Å². The quantitative estimate of drug-likeness (QED) is 0.775. The standard InChI is InChI=1S/C20H17N3O2S/c1-12-9-19(25)23(16-7-3-2-5-13(12)16)11-18(24)22-20-15(10-21)14-6-4-8-17(14)26-20/h2-3,5,7,9H,4,6,8,11H2,1H3,(H,22,24). The van der Waals surface area contributed by atoms with Gasteiger partial charge in [0, 0.05) is 16.3 Å². The minimum atomic E-state index is -0.294. The van der Waals surface area contributed by atoms with E-state index in [1.165, 1.54) is 20.8 Å². The fourth-order valence-corrected chi connectivity index (χ4v) is 4.84. The van der Waals surface area contributed by atoms with Crippen LogP contribution in [0.5, 0.6) is 0 Å². The number of thiophene rings is 1. The number of pyridine rings is 1. The Kier molecular flexibility index (Phi) is 4.09. The van der Waals surface area contributed by atoms with Crippen LogP contribution < -0.4 is 10.9 Å². The number of para-hydroxylation sites is 1. The zero-order valence-electron chi connectivity index (χ0n) is 14.3. The lowest BCUT2D eigenvalue weighted by Gasteiger charge is -2.12. The first-order chi connectivity index (χ1) is 12.6. The van der Waals surface area contributed by atoms with E-state index in [0.717, 1.165) is 41.3 Å². The van der Waals surface area contributed by atoms with E-state index in [2.05, 4.69) is 11.4 Å². The van der Waals surface area contributed by atoms with Crippen LogP contribution in [0.25, 0.3) is 10.9 Å². The third-order valence-corrected chi connectivity index (χ3v) is 6.02. The summed E-state index contributed by atoms with van der Waals surface area (Å²) in [5.74, 6) is -0.294. The van der Waals surface area contributed by atoms with Gasteiger partial charge in [0.1, 0.15) is 17.6 Å². The number of hydrogen-bond donors (Lipinski definition) is 1. The molecular weight excluding hydrogens is 346 g/mol. The molecule has 0 aliphatic heterocycles. The van der Waals surface area contributed by atoms with Crippen molar-refractivity contribution in [3.63, 3.8) is 0 Å². The average Bonchev–Trinajstić information content (AvgIpc) is 3.19. The molecule has 26 heavy (non-hydrogen) atoms. The average molecular weight is 363 g/mol. The SMILES string of the molecule is Cc1cc(=O)n(CC(=O)Nc2sc3c(c2C#N)CCC3)c2ccccc12. The van der Waals surface area contributed by atoms with Crippen molar-refractivity contribution >= 4 is 33.1 Å². The highest BCUT2D eigenvalue weighted by Crippen LogP contribution is 2.38. The molecule has 0 spiro atoms. The Morgan fingerprint density at radius 1 is 1.35 bits per heavy atom. The predicted octanol–water partition coefficient (Wildman–Crippen LogP) is 3.37. The molecule has 0 saturated heterocycles. The van der Waals surface area contributed by atoms with Crippen LogP contribution in [0.2, 0.25) is 0 Å². The largest absolute Gasteiger partial charge is 0.315 e. The molecule has 1 amide bonds. The van der Waals surface area contributed by atoms with Crippen LogP contribution in [0, 0.1) is 18.3 Å². The van der Waals surface area contributed by atoms with Crippen molar-refractivity contribution in [3.05, 3.63) is 62.3 Å². The summed E-state index contributed by atoms with van der Waals surface area (Å²) < 4.78 is 1.48. The number of benzene rings is 1. The molecule has 2 heterocycles. The normalized spacial score (nSPS) is 12.8. The van der Waals surface area contributed by atoms with Gasteiger partial charge in [-0.15, -0.1) is 11.3 Å². The molecule has 0 atom stereocenters. The molecule has 0 radical (unpaired) electrons. The van der Waals surface area contributed by atoms with Crippen LogP contribution in [0.4, 0.5) is 5.00 Å². The number of nitrogens with one attached hydrogen (secondary N) is 1. The van der Waals surface area contributed by atoms with Gasteiger partial charge in [-0.3, -0.25) is 14.2 Å². The summed E-state index contributed by atoms with van der Waals surface area (Å²) in [6.07, 6.45) is 2.92. The van der Waals surface area contributed by atoms with E-state index < -0.39 is 0 Å². The van der Waals surface area contributed by atoms with E-state index in [9.17, 15) is 14.9 Å². The maximum absolute atomic E-state index is 12.6. The van der Waals surface area contributed by atoms with Crippen molar-refractivity contribution in [2.45, 2.75) is 32.7 Å². The molecule has 4 rings (SSSR count). The predicted molar refractivity (Wildman–Crippen MR) is 103 cm³/mol. The second kappa shape index (κ2) is 6.43. The highest BCUT2D eigenvalue weighted by atomic mass is 32.1. The number of aromatic nitrogens is 1. The zero-order chi connectivity index (χ0) is 18.3. The monoisotopic (exact) mass is 363 g/mol. The lowest BCUT2D eigenvalue weighted by atomic mass is 10.1. The summed E-state index contributed by atoms with van der Waals surface area (Å²) in [6, 6.07) is 11.3. The van der Waals surface area contributed by atoms with E-state index in [0.29, 0.717) is 10.6 Å². The molecule has 0 bridgehead atoms. The third kappa shape index (κ3) is 2.71. The minimum Gasteiger partial charge on any atom is -0.315 e. The Balaban J connectivity index is 1.65. The molecule has 3 aromatic rings. The van der Waals surface area contributed by atoms with Gasteiger partial charge in [0.05, 0.1) is 11.1 Å². The van der Waals surface area contributed by atoms with Crippen molar-refractivity contribution in [1.82, 2.24) is 4.57 Å².